The quantitative estimate of drug-likeness (QED) is 0.623. The fourth-order valence-corrected chi connectivity index (χ4v) is 3.19. The van der Waals surface area contributed by atoms with Crippen LogP contribution in [-0.4, -0.2) is 43.4 Å². The molecule has 0 radical (unpaired) electrons. The first-order valence-electron chi connectivity index (χ1n) is 6.87. The second-order valence-corrected chi connectivity index (χ2v) is 5.42. The molecule has 2 aliphatic rings. The van der Waals surface area contributed by atoms with E-state index in [4.69, 9.17) is 14.2 Å². The van der Waals surface area contributed by atoms with Crippen molar-refractivity contribution in [3.63, 3.8) is 0 Å². The Morgan fingerprint density at radius 2 is 2.29 bits per heavy atom. The highest BCUT2D eigenvalue weighted by Gasteiger charge is 2.40. The fraction of sp³-hybridized carbons (Fsp3) is 0.571. The summed E-state index contributed by atoms with van der Waals surface area (Å²) in [6.07, 6.45) is 0.805. The van der Waals surface area contributed by atoms with Crippen molar-refractivity contribution in [2.75, 3.05) is 27.5 Å². The van der Waals surface area contributed by atoms with E-state index < -0.39 is 6.04 Å². The van der Waals surface area contributed by atoms with Gasteiger partial charge in [0, 0.05) is 24.0 Å². The predicted octanol–water partition coefficient (Wildman–Crippen LogP) is 1.62. The standard InChI is InChI=1S/C14H18N2O5/c1-8(16(17)18)12-11-9(4-5-15(12)2)6-10-13(14(11)19-3)21-7-20-10/h6,8,12H,4-5,7H2,1-3H3/t8-,12-/m0/s1. The van der Waals surface area contributed by atoms with Gasteiger partial charge in [-0.15, -0.1) is 0 Å². The Labute approximate surface area is 122 Å². The molecule has 7 heteroatoms. The molecule has 0 spiro atoms. The molecule has 21 heavy (non-hydrogen) atoms. The van der Waals surface area contributed by atoms with Gasteiger partial charge in [-0.05, 0) is 25.1 Å². The normalized spacial score (nSPS) is 21.8. The highest BCUT2D eigenvalue weighted by Crippen LogP contribution is 2.50. The summed E-state index contributed by atoms with van der Waals surface area (Å²) in [4.78, 5) is 13.0. The summed E-state index contributed by atoms with van der Waals surface area (Å²) in [5.41, 5.74) is 1.88. The minimum Gasteiger partial charge on any atom is -0.492 e. The van der Waals surface area contributed by atoms with Crippen LogP contribution in [0, 0.1) is 10.1 Å². The topological polar surface area (TPSA) is 74.1 Å². The number of rotatable bonds is 3. The van der Waals surface area contributed by atoms with Gasteiger partial charge in [0.05, 0.1) is 7.11 Å². The number of ether oxygens (including phenoxy) is 3. The third-order valence-electron chi connectivity index (χ3n) is 4.24. The van der Waals surface area contributed by atoms with Crippen LogP contribution in [0.25, 0.3) is 0 Å². The van der Waals surface area contributed by atoms with Gasteiger partial charge in [-0.3, -0.25) is 15.0 Å². The molecule has 0 bridgehead atoms. The zero-order valence-electron chi connectivity index (χ0n) is 12.3. The van der Waals surface area contributed by atoms with E-state index in [2.05, 4.69) is 0 Å². The number of nitrogens with zero attached hydrogens (tertiary/aromatic N) is 2. The average molecular weight is 294 g/mol. The molecule has 3 rings (SSSR count). The van der Waals surface area contributed by atoms with Crippen molar-refractivity contribution >= 4 is 0 Å². The van der Waals surface area contributed by atoms with Crippen molar-refractivity contribution in [1.29, 1.82) is 0 Å². The van der Waals surface area contributed by atoms with Gasteiger partial charge in [0.15, 0.2) is 11.5 Å². The van der Waals surface area contributed by atoms with E-state index in [0.717, 1.165) is 24.1 Å². The molecular weight excluding hydrogens is 276 g/mol. The lowest BCUT2D eigenvalue weighted by molar-refractivity contribution is -0.527. The van der Waals surface area contributed by atoms with E-state index in [1.54, 1.807) is 14.0 Å². The Bertz CT molecular complexity index is 589. The molecule has 1 aromatic carbocycles. The van der Waals surface area contributed by atoms with E-state index in [1.165, 1.54) is 0 Å². The minimum absolute atomic E-state index is 0.153. The SMILES string of the molecule is COc1c2c(cc3c1[C@H]([C@H](C)[N+](=O)[O-])N(C)CC3)OCO2. The second kappa shape index (κ2) is 5.07. The maximum Gasteiger partial charge on any atom is 0.231 e. The third kappa shape index (κ3) is 2.08. The van der Waals surface area contributed by atoms with E-state index in [9.17, 15) is 10.1 Å². The Morgan fingerprint density at radius 3 is 2.95 bits per heavy atom. The number of likely N-dealkylation sites (N-methyl/N-ethyl adjacent to an activating group) is 1. The number of fused-ring (bicyclic) bond motifs is 2. The molecule has 0 saturated heterocycles. The van der Waals surface area contributed by atoms with Crippen molar-refractivity contribution in [1.82, 2.24) is 4.90 Å². The highest BCUT2D eigenvalue weighted by atomic mass is 16.7. The number of methoxy groups -OCH3 is 1. The zero-order chi connectivity index (χ0) is 15.1. The van der Waals surface area contributed by atoms with Crippen LogP contribution >= 0.6 is 0 Å². The summed E-state index contributed by atoms with van der Waals surface area (Å²) >= 11 is 0. The summed E-state index contributed by atoms with van der Waals surface area (Å²) < 4.78 is 16.4. The lowest BCUT2D eigenvalue weighted by Gasteiger charge is -2.35. The van der Waals surface area contributed by atoms with Crippen LogP contribution in [0.2, 0.25) is 0 Å². The van der Waals surface area contributed by atoms with E-state index in [-0.39, 0.29) is 17.8 Å². The molecule has 0 unspecified atom stereocenters. The van der Waals surface area contributed by atoms with Crippen molar-refractivity contribution in [3.8, 4) is 17.2 Å². The summed E-state index contributed by atoms with van der Waals surface area (Å²) in [6.45, 7) is 2.54. The van der Waals surface area contributed by atoms with Gasteiger partial charge in [-0.2, -0.15) is 0 Å². The zero-order valence-corrected chi connectivity index (χ0v) is 12.3. The third-order valence-corrected chi connectivity index (χ3v) is 4.24. The van der Waals surface area contributed by atoms with E-state index >= 15 is 0 Å². The van der Waals surface area contributed by atoms with E-state index in [1.807, 2.05) is 18.0 Å². The Hall–Kier alpha value is -2.02. The number of nitro groups is 1. The molecule has 2 aliphatic heterocycles. The molecule has 0 fully saturated rings. The first-order chi connectivity index (χ1) is 10.0. The van der Waals surface area contributed by atoms with Crippen molar-refractivity contribution < 1.29 is 19.1 Å². The molecule has 1 aromatic rings. The van der Waals surface area contributed by atoms with Crippen LogP contribution in [0.3, 0.4) is 0 Å². The number of hydrogen-bond acceptors (Lipinski definition) is 6. The van der Waals surface area contributed by atoms with Gasteiger partial charge in [0.2, 0.25) is 18.6 Å². The monoisotopic (exact) mass is 294 g/mol. The first kappa shape index (κ1) is 13.9. The molecule has 0 amide bonds. The molecule has 0 N–H and O–H groups in total. The van der Waals surface area contributed by atoms with Crippen LogP contribution in [-0.2, 0) is 6.42 Å². The van der Waals surface area contributed by atoms with Crippen LogP contribution in [0.5, 0.6) is 17.2 Å². The lowest BCUT2D eigenvalue weighted by atomic mass is 9.88. The van der Waals surface area contributed by atoms with Gasteiger partial charge in [-0.25, -0.2) is 0 Å². The smallest absolute Gasteiger partial charge is 0.231 e. The highest BCUT2D eigenvalue weighted by molar-refractivity contribution is 5.62. The van der Waals surface area contributed by atoms with E-state index in [0.29, 0.717) is 17.2 Å². The Balaban J connectivity index is 2.18. The molecule has 114 valence electrons. The fourth-order valence-electron chi connectivity index (χ4n) is 3.19. The van der Waals surface area contributed by atoms with Gasteiger partial charge in [0.25, 0.3) is 0 Å². The molecule has 0 aromatic heterocycles. The molecular formula is C14H18N2O5. The second-order valence-electron chi connectivity index (χ2n) is 5.42. The first-order valence-corrected chi connectivity index (χ1v) is 6.87. The molecule has 2 heterocycles. The Morgan fingerprint density at radius 1 is 1.52 bits per heavy atom. The summed E-state index contributed by atoms with van der Waals surface area (Å²) in [6, 6.07) is 0.851. The number of hydrogen-bond donors (Lipinski definition) is 0. The molecule has 0 saturated carbocycles. The largest absolute Gasteiger partial charge is 0.492 e. The van der Waals surface area contributed by atoms with Crippen LogP contribution < -0.4 is 14.2 Å². The van der Waals surface area contributed by atoms with Crippen LogP contribution in [0.1, 0.15) is 24.1 Å². The van der Waals surface area contributed by atoms with Crippen LogP contribution in [0.4, 0.5) is 0 Å². The summed E-state index contributed by atoms with van der Waals surface area (Å²) in [5, 5.41) is 11.3. The number of benzene rings is 1. The lowest BCUT2D eigenvalue weighted by Crippen LogP contribution is -2.41. The van der Waals surface area contributed by atoms with Crippen LogP contribution in [0.15, 0.2) is 6.07 Å². The summed E-state index contributed by atoms with van der Waals surface area (Å²) in [5.74, 6) is 1.76. The van der Waals surface area contributed by atoms with Gasteiger partial charge < -0.3 is 14.2 Å². The molecule has 2 atom stereocenters. The molecule has 7 nitrogen and oxygen atoms in total. The van der Waals surface area contributed by atoms with Gasteiger partial charge in [0.1, 0.15) is 6.04 Å². The predicted molar refractivity (Wildman–Crippen MR) is 74.6 cm³/mol. The maximum atomic E-state index is 11.3. The average Bonchev–Trinajstić information content (AvgIpc) is 2.92. The summed E-state index contributed by atoms with van der Waals surface area (Å²) in [7, 11) is 3.46. The minimum atomic E-state index is -0.733. The van der Waals surface area contributed by atoms with Crippen molar-refractivity contribution in [2.24, 2.45) is 0 Å². The van der Waals surface area contributed by atoms with Crippen molar-refractivity contribution in [2.45, 2.75) is 25.4 Å². The van der Waals surface area contributed by atoms with Crippen molar-refractivity contribution in [3.05, 3.63) is 27.3 Å². The molecule has 0 aliphatic carbocycles. The Kier molecular flexibility index (Phi) is 3.36. The van der Waals surface area contributed by atoms with Gasteiger partial charge in [-0.1, -0.05) is 0 Å². The van der Waals surface area contributed by atoms with Gasteiger partial charge >= 0.3 is 0 Å². The maximum absolute atomic E-state index is 11.3.